The van der Waals surface area contributed by atoms with Crippen LogP contribution in [-0.2, 0) is 4.79 Å². The van der Waals surface area contributed by atoms with Gasteiger partial charge >= 0.3 is 5.97 Å². The third-order valence-electron chi connectivity index (χ3n) is 4.81. The van der Waals surface area contributed by atoms with Crippen molar-refractivity contribution in [1.29, 1.82) is 0 Å². The summed E-state index contributed by atoms with van der Waals surface area (Å²) in [5, 5.41) is 21.6. The molecule has 1 heterocycles. The van der Waals surface area contributed by atoms with Crippen LogP contribution >= 0.6 is 0 Å². The Bertz CT molecular complexity index is 908. The van der Waals surface area contributed by atoms with E-state index in [1.165, 1.54) is 19.1 Å². The summed E-state index contributed by atoms with van der Waals surface area (Å²) in [5.41, 5.74) is 1.74. The summed E-state index contributed by atoms with van der Waals surface area (Å²) >= 11 is 0. The topological polar surface area (TPSA) is 107 Å². The zero-order chi connectivity index (χ0) is 20.3. The summed E-state index contributed by atoms with van der Waals surface area (Å²) in [6.45, 7) is 2.61. The fourth-order valence-corrected chi connectivity index (χ4v) is 3.44. The Kier molecular flexibility index (Phi) is 5.63. The van der Waals surface area contributed by atoms with Crippen LogP contribution in [0.25, 0.3) is 11.1 Å². The van der Waals surface area contributed by atoms with E-state index in [0.29, 0.717) is 24.2 Å². The minimum Gasteiger partial charge on any atom is -0.507 e. The number of benzene rings is 2. The minimum absolute atomic E-state index is 0.0269. The average molecular weight is 382 g/mol. The first-order valence-electron chi connectivity index (χ1n) is 9.08. The third-order valence-corrected chi connectivity index (χ3v) is 4.81. The Morgan fingerprint density at radius 1 is 1.07 bits per heavy atom. The lowest BCUT2D eigenvalue weighted by Gasteiger charge is -2.33. The molecule has 28 heavy (non-hydrogen) atoms. The van der Waals surface area contributed by atoms with Gasteiger partial charge in [-0.05, 0) is 48.2 Å². The highest BCUT2D eigenvalue weighted by Gasteiger charge is 2.25. The molecule has 0 bridgehead atoms. The van der Waals surface area contributed by atoms with Gasteiger partial charge in [0.15, 0.2) is 0 Å². The number of rotatable bonds is 4. The van der Waals surface area contributed by atoms with Crippen LogP contribution in [0.3, 0.4) is 0 Å². The van der Waals surface area contributed by atoms with Crippen molar-refractivity contribution < 1.29 is 24.6 Å². The van der Waals surface area contributed by atoms with Crippen molar-refractivity contribution in [3.8, 4) is 16.9 Å². The Hall–Kier alpha value is -3.35. The van der Waals surface area contributed by atoms with Gasteiger partial charge in [-0.2, -0.15) is 0 Å². The SMILES string of the molecule is CC(=O)N[C@H]1CCCN(C(=O)c2ccc(-c3ccc(O)c(C(=O)O)c3)cc2)C1. The number of carboxylic acid groups (broad SMARTS) is 1. The highest BCUT2D eigenvalue weighted by atomic mass is 16.4. The maximum atomic E-state index is 12.8. The fourth-order valence-electron chi connectivity index (χ4n) is 3.44. The van der Waals surface area contributed by atoms with Gasteiger partial charge in [0.25, 0.3) is 5.91 Å². The third kappa shape index (κ3) is 4.31. The quantitative estimate of drug-likeness (QED) is 0.753. The number of aromatic hydroxyl groups is 1. The van der Waals surface area contributed by atoms with E-state index in [4.69, 9.17) is 5.11 Å². The zero-order valence-electron chi connectivity index (χ0n) is 15.5. The Morgan fingerprint density at radius 2 is 1.75 bits per heavy atom. The van der Waals surface area contributed by atoms with E-state index in [-0.39, 0.29) is 29.2 Å². The molecule has 1 fully saturated rings. The molecule has 2 aromatic carbocycles. The molecule has 0 aliphatic carbocycles. The summed E-state index contributed by atoms with van der Waals surface area (Å²) in [7, 11) is 0. The van der Waals surface area contributed by atoms with E-state index in [0.717, 1.165) is 18.4 Å². The Morgan fingerprint density at radius 3 is 2.39 bits per heavy atom. The second kappa shape index (κ2) is 8.12. The van der Waals surface area contributed by atoms with Crippen LogP contribution in [0.5, 0.6) is 5.75 Å². The van der Waals surface area contributed by atoms with Crippen LogP contribution in [-0.4, -0.2) is 52.0 Å². The molecule has 146 valence electrons. The monoisotopic (exact) mass is 382 g/mol. The molecule has 7 nitrogen and oxygen atoms in total. The maximum Gasteiger partial charge on any atom is 0.339 e. The van der Waals surface area contributed by atoms with Crippen LogP contribution in [0, 0.1) is 0 Å². The molecular formula is C21H22N2O5. The van der Waals surface area contributed by atoms with Gasteiger partial charge in [0.1, 0.15) is 11.3 Å². The molecule has 2 amide bonds. The highest BCUT2D eigenvalue weighted by Crippen LogP contribution is 2.26. The number of nitrogens with zero attached hydrogens (tertiary/aromatic N) is 1. The molecule has 0 spiro atoms. The molecule has 2 aromatic rings. The summed E-state index contributed by atoms with van der Waals surface area (Å²) < 4.78 is 0. The number of amides is 2. The number of hydrogen-bond donors (Lipinski definition) is 3. The lowest BCUT2D eigenvalue weighted by atomic mass is 10.00. The van der Waals surface area contributed by atoms with E-state index in [1.54, 1.807) is 35.2 Å². The first kappa shape index (κ1) is 19.4. The number of likely N-dealkylation sites (tertiary alicyclic amines) is 1. The zero-order valence-corrected chi connectivity index (χ0v) is 15.5. The number of carbonyl (C=O) groups excluding carboxylic acids is 2. The second-order valence-corrected chi connectivity index (χ2v) is 6.91. The molecule has 3 N–H and O–H groups in total. The number of piperidine rings is 1. The van der Waals surface area contributed by atoms with Crippen molar-refractivity contribution >= 4 is 17.8 Å². The lowest BCUT2D eigenvalue weighted by Crippen LogP contribution is -2.49. The van der Waals surface area contributed by atoms with Gasteiger partial charge in [-0.1, -0.05) is 18.2 Å². The molecule has 3 rings (SSSR count). The summed E-state index contributed by atoms with van der Waals surface area (Å²) in [5.74, 6) is -1.69. The van der Waals surface area contributed by atoms with Gasteiger partial charge in [-0.3, -0.25) is 9.59 Å². The van der Waals surface area contributed by atoms with E-state index >= 15 is 0 Å². The van der Waals surface area contributed by atoms with Crippen LogP contribution in [0.4, 0.5) is 0 Å². The van der Waals surface area contributed by atoms with E-state index in [2.05, 4.69) is 5.32 Å². The molecule has 0 unspecified atom stereocenters. The molecule has 0 saturated carbocycles. The number of hydrogen-bond acceptors (Lipinski definition) is 4. The predicted molar refractivity (Wildman–Crippen MR) is 103 cm³/mol. The lowest BCUT2D eigenvalue weighted by molar-refractivity contribution is -0.120. The standard InChI is InChI=1S/C21H22N2O5/c1-13(24)22-17-3-2-10-23(12-17)20(26)15-6-4-14(5-7-15)16-8-9-19(25)18(11-16)21(27)28/h4-9,11,17,25H,2-3,10,12H2,1H3,(H,22,24)(H,27,28)/t17-/m0/s1. The normalized spacial score (nSPS) is 16.5. The number of nitrogens with one attached hydrogen (secondary N) is 1. The van der Waals surface area contributed by atoms with Crippen LogP contribution in [0.2, 0.25) is 0 Å². The van der Waals surface area contributed by atoms with Gasteiger partial charge in [0.2, 0.25) is 5.91 Å². The van der Waals surface area contributed by atoms with Crippen molar-refractivity contribution in [3.05, 3.63) is 53.6 Å². The molecule has 1 aliphatic rings. The van der Waals surface area contributed by atoms with Crippen LogP contribution in [0.1, 0.15) is 40.5 Å². The van der Waals surface area contributed by atoms with E-state index in [9.17, 15) is 19.5 Å². The van der Waals surface area contributed by atoms with Gasteiger partial charge in [0, 0.05) is 31.6 Å². The smallest absolute Gasteiger partial charge is 0.339 e. The molecule has 1 aliphatic heterocycles. The molecule has 1 saturated heterocycles. The average Bonchev–Trinajstić information content (AvgIpc) is 2.67. The maximum absolute atomic E-state index is 12.8. The molecular weight excluding hydrogens is 360 g/mol. The van der Waals surface area contributed by atoms with E-state index in [1.807, 2.05) is 0 Å². The number of aromatic carboxylic acids is 1. The summed E-state index contributed by atoms with van der Waals surface area (Å²) in [4.78, 5) is 36.9. The van der Waals surface area contributed by atoms with Crippen molar-refractivity contribution in [2.75, 3.05) is 13.1 Å². The highest BCUT2D eigenvalue weighted by molar-refractivity contribution is 5.95. The molecule has 1 atom stereocenters. The molecule has 0 radical (unpaired) electrons. The first-order valence-corrected chi connectivity index (χ1v) is 9.08. The fraction of sp³-hybridized carbons (Fsp3) is 0.286. The number of phenols is 1. The Balaban J connectivity index is 1.75. The van der Waals surface area contributed by atoms with Crippen LogP contribution in [0.15, 0.2) is 42.5 Å². The minimum atomic E-state index is -1.20. The van der Waals surface area contributed by atoms with Crippen molar-refractivity contribution in [2.45, 2.75) is 25.8 Å². The predicted octanol–water partition coefficient (Wildman–Crippen LogP) is 2.50. The van der Waals surface area contributed by atoms with Crippen molar-refractivity contribution in [2.24, 2.45) is 0 Å². The van der Waals surface area contributed by atoms with Gasteiger partial charge in [-0.25, -0.2) is 4.79 Å². The second-order valence-electron chi connectivity index (χ2n) is 6.91. The summed E-state index contributed by atoms with van der Waals surface area (Å²) in [6, 6.07) is 11.2. The molecule has 0 aromatic heterocycles. The molecule has 7 heteroatoms. The van der Waals surface area contributed by atoms with Crippen molar-refractivity contribution in [1.82, 2.24) is 10.2 Å². The van der Waals surface area contributed by atoms with E-state index < -0.39 is 5.97 Å². The van der Waals surface area contributed by atoms with Gasteiger partial charge in [-0.15, -0.1) is 0 Å². The number of carbonyl (C=O) groups is 3. The Labute approximate surface area is 162 Å². The number of carboxylic acids is 1. The van der Waals surface area contributed by atoms with Crippen LogP contribution < -0.4 is 5.32 Å². The van der Waals surface area contributed by atoms with Crippen molar-refractivity contribution in [3.63, 3.8) is 0 Å². The largest absolute Gasteiger partial charge is 0.507 e. The first-order chi connectivity index (χ1) is 13.3. The summed E-state index contributed by atoms with van der Waals surface area (Å²) in [6.07, 6.45) is 1.69. The van der Waals surface area contributed by atoms with Gasteiger partial charge < -0.3 is 20.4 Å². The van der Waals surface area contributed by atoms with Gasteiger partial charge in [0.05, 0.1) is 0 Å².